The van der Waals surface area contributed by atoms with Crippen LogP contribution in [0.5, 0.6) is 0 Å². The summed E-state index contributed by atoms with van der Waals surface area (Å²) in [6.45, 7) is 5.48. The Bertz CT molecular complexity index is 1040. The molecule has 5 heteroatoms. The number of nitrogens with zero attached hydrogens (tertiary/aromatic N) is 1. The van der Waals surface area contributed by atoms with Gasteiger partial charge in [0, 0.05) is 32.5 Å². The SMILES string of the molecule is CC(C)OCCCNC(=O)C(Cc1ccccc1)N(Cc1ccccc1)C(=O)CCc1ccccc1. The van der Waals surface area contributed by atoms with Crippen molar-refractivity contribution in [3.8, 4) is 0 Å². The molecule has 36 heavy (non-hydrogen) atoms. The average molecular weight is 487 g/mol. The number of carbonyl (C=O) groups excluding carboxylic acids is 2. The van der Waals surface area contributed by atoms with Crippen molar-refractivity contribution in [1.29, 1.82) is 0 Å². The maximum Gasteiger partial charge on any atom is 0.243 e. The Balaban J connectivity index is 1.79. The van der Waals surface area contributed by atoms with Gasteiger partial charge < -0.3 is 15.0 Å². The maximum atomic E-state index is 13.6. The molecule has 3 rings (SSSR count). The minimum atomic E-state index is -0.609. The van der Waals surface area contributed by atoms with E-state index in [0.29, 0.717) is 39.0 Å². The summed E-state index contributed by atoms with van der Waals surface area (Å²) in [5.74, 6) is -0.158. The summed E-state index contributed by atoms with van der Waals surface area (Å²) in [7, 11) is 0. The zero-order chi connectivity index (χ0) is 25.6. The molecule has 0 aliphatic heterocycles. The lowest BCUT2D eigenvalue weighted by Crippen LogP contribution is -2.50. The van der Waals surface area contributed by atoms with Crippen LogP contribution in [-0.2, 0) is 33.7 Å². The molecule has 0 saturated carbocycles. The van der Waals surface area contributed by atoms with Crippen LogP contribution in [0, 0.1) is 0 Å². The van der Waals surface area contributed by atoms with Gasteiger partial charge in [0.2, 0.25) is 11.8 Å². The van der Waals surface area contributed by atoms with Gasteiger partial charge in [-0.05, 0) is 43.4 Å². The summed E-state index contributed by atoms with van der Waals surface area (Å²) in [5.41, 5.74) is 3.14. The fourth-order valence-electron chi connectivity index (χ4n) is 4.09. The zero-order valence-electron chi connectivity index (χ0n) is 21.4. The topological polar surface area (TPSA) is 58.6 Å². The van der Waals surface area contributed by atoms with E-state index in [1.54, 1.807) is 4.90 Å². The molecule has 0 spiro atoms. The molecule has 0 saturated heterocycles. The standard InChI is InChI=1S/C31H38N2O3/c1-25(2)36-22-12-21-32-31(35)29(23-27-15-8-4-9-16-27)33(24-28-17-10-5-11-18-28)30(34)20-19-26-13-6-3-7-14-26/h3-11,13-18,25,29H,12,19-24H2,1-2H3,(H,32,35). The first kappa shape index (κ1) is 27.2. The number of ether oxygens (including phenoxy) is 1. The lowest BCUT2D eigenvalue weighted by Gasteiger charge is -2.31. The third-order valence-electron chi connectivity index (χ3n) is 6.01. The molecular formula is C31H38N2O3. The Morgan fingerprint density at radius 2 is 1.36 bits per heavy atom. The second-order valence-corrected chi connectivity index (χ2v) is 9.26. The molecule has 0 bridgehead atoms. The van der Waals surface area contributed by atoms with Gasteiger partial charge in [0.1, 0.15) is 6.04 Å². The van der Waals surface area contributed by atoms with Gasteiger partial charge in [-0.25, -0.2) is 0 Å². The molecular weight excluding hydrogens is 448 g/mol. The van der Waals surface area contributed by atoms with Crippen molar-refractivity contribution in [1.82, 2.24) is 10.2 Å². The van der Waals surface area contributed by atoms with Gasteiger partial charge in [-0.2, -0.15) is 0 Å². The number of aryl methyl sites for hydroxylation is 1. The minimum absolute atomic E-state index is 0.0260. The number of nitrogens with one attached hydrogen (secondary N) is 1. The molecule has 190 valence electrons. The number of hydrogen-bond acceptors (Lipinski definition) is 3. The molecule has 0 heterocycles. The van der Waals surface area contributed by atoms with Crippen LogP contribution >= 0.6 is 0 Å². The van der Waals surface area contributed by atoms with Crippen LogP contribution in [0.3, 0.4) is 0 Å². The third-order valence-corrected chi connectivity index (χ3v) is 6.01. The Kier molecular flexibility index (Phi) is 11.2. The van der Waals surface area contributed by atoms with Gasteiger partial charge in [-0.3, -0.25) is 9.59 Å². The monoisotopic (exact) mass is 486 g/mol. The summed E-state index contributed by atoms with van der Waals surface area (Å²) in [6.07, 6.45) is 2.33. The second kappa shape index (κ2) is 14.8. The molecule has 1 unspecified atom stereocenters. The molecule has 3 aromatic carbocycles. The number of amides is 2. The van der Waals surface area contributed by atoms with Crippen molar-refractivity contribution in [2.45, 2.75) is 58.2 Å². The summed E-state index contributed by atoms with van der Waals surface area (Å²) >= 11 is 0. The average Bonchev–Trinajstić information content (AvgIpc) is 2.90. The molecule has 0 aliphatic carbocycles. The molecule has 3 aromatic rings. The van der Waals surface area contributed by atoms with Crippen LogP contribution in [0.1, 0.15) is 43.4 Å². The van der Waals surface area contributed by atoms with E-state index in [-0.39, 0.29) is 17.9 Å². The van der Waals surface area contributed by atoms with Gasteiger partial charge in [0.15, 0.2) is 0 Å². The van der Waals surface area contributed by atoms with Crippen molar-refractivity contribution in [2.75, 3.05) is 13.2 Å². The van der Waals surface area contributed by atoms with Gasteiger partial charge in [0.25, 0.3) is 0 Å². The van der Waals surface area contributed by atoms with Gasteiger partial charge >= 0.3 is 0 Å². The maximum absolute atomic E-state index is 13.6. The first-order valence-corrected chi connectivity index (χ1v) is 12.8. The predicted molar refractivity (Wildman–Crippen MR) is 144 cm³/mol. The molecule has 0 aliphatic rings. The Labute approximate surface area is 215 Å². The van der Waals surface area contributed by atoms with Crippen molar-refractivity contribution in [2.24, 2.45) is 0 Å². The fraction of sp³-hybridized carbons (Fsp3) is 0.355. The first-order chi connectivity index (χ1) is 17.5. The van der Waals surface area contributed by atoms with Crippen LogP contribution in [-0.4, -0.2) is 42.0 Å². The normalized spacial score (nSPS) is 11.8. The van der Waals surface area contributed by atoms with E-state index in [1.807, 2.05) is 105 Å². The second-order valence-electron chi connectivity index (χ2n) is 9.26. The predicted octanol–water partition coefficient (Wildman–Crippen LogP) is 5.19. The third kappa shape index (κ3) is 9.31. The number of carbonyl (C=O) groups is 2. The largest absolute Gasteiger partial charge is 0.379 e. The van der Waals surface area contributed by atoms with Gasteiger partial charge in [-0.15, -0.1) is 0 Å². The smallest absolute Gasteiger partial charge is 0.243 e. The molecule has 5 nitrogen and oxygen atoms in total. The van der Waals surface area contributed by atoms with Crippen LogP contribution in [0.25, 0.3) is 0 Å². The highest BCUT2D eigenvalue weighted by Crippen LogP contribution is 2.17. The van der Waals surface area contributed by atoms with E-state index in [1.165, 1.54) is 0 Å². The van der Waals surface area contributed by atoms with Crippen LogP contribution in [0.15, 0.2) is 91.0 Å². The molecule has 0 fully saturated rings. The van der Waals surface area contributed by atoms with Crippen LogP contribution in [0.2, 0.25) is 0 Å². The minimum Gasteiger partial charge on any atom is -0.379 e. The molecule has 1 atom stereocenters. The highest BCUT2D eigenvalue weighted by Gasteiger charge is 2.30. The molecule has 0 radical (unpaired) electrons. The van der Waals surface area contributed by atoms with E-state index in [0.717, 1.165) is 23.1 Å². The van der Waals surface area contributed by atoms with Crippen molar-refractivity contribution < 1.29 is 14.3 Å². The van der Waals surface area contributed by atoms with E-state index >= 15 is 0 Å². The Morgan fingerprint density at radius 3 is 1.94 bits per heavy atom. The quantitative estimate of drug-likeness (QED) is 0.319. The summed E-state index contributed by atoms with van der Waals surface area (Å²) in [5, 5.41) is 3.06. The van der Waals surface area contributed by atoms with Crippen LogP contribution in [0.4, 0.5) is 0 Å². The van der Waals surface area contributed by atoms with E-state index in [2.05, 4.69) is 5.32 Å². The number of rotatable bonds is 14. The summed E-state index contributed by atoms with van der Waals surface area (Å²) < 4.78 is 5.60. The highest BCUT2D eigenvalue weighted by molar-refractivity contribution is 5.88. The number of benzene rings is 3. The fourth-order valence-corrected chi connectivity index (χ4v) is 4.09. The van der Waals surface area contributed by atoms with E-state index < -0.39 is 6.04 Å². The Hall–Kier alpha value is -3.44. The van der Waals surface area contributed by atoms with Crippen molar-refractivity contribution in [3.05, 3.63) is 108 Å². The van der Waals surface area contributed by atoms with Gasteiger partial charge in [-0.1, -0.05) is 91.0 Å². The molecule has 1 N–H and O–H groups in total. The van der Waals surface area contributed by atoms with E-state index in [4.69, 9.17) is 4.74 Å². The lowest BCUT2D eigenvalue weighted by atomic mass is 10.0. The first-order valence-electron chi connectivity index (χ1n) is 12.8. The number of hydrogen-bond donors (Lipinski definition) is 1. The Morgan fingerprint density at radius 1 is 0.806 bits per heavy atom. The lowest BCUT2D eigenvalue weighted by molar-refractivity contribution is -0.141. The molecule has 0 aromatic heterocycles. The van der Waals surface area contributed by atoms with Crippen molar-refractivity contribution in [3.63, 3.8) is 0 Å². The van der Waals surface area contributed by atoms with Gasteiger partial charge in [0.05, 0.1) is 6.10 Å². The molecule has 2 amide bonds. The van der Waals surface area contributed by atoms with Crippen LogP contribution < -0.4 is 5.32 Å². The highest BCUT2D eigenvalue weighted by atomic mass is 16.5. The van der Waals surface area contributed by atoms with E-state index in [9.17, 15) is 9.59 Å². The van der Waals surface area contributed by atoms with Crippen molar-refractivity contribution >= 4 is 11.8 Å². The zero-order valence-corrected chi connectivity index (χ0v) is 21.4. The summed E-state index contributed by atoms with van der Waals surface area (Å²) in [6, 6.07) is 29.2. The summed E-state index contributed by atoms with van der Waals surface area (Å²) in [4.78, 5) is 28.9.